The van der Waals surface area contributed by atoms with Gasteiger partial charge in [0.2, 0.25) is 0 Å². The van der Waals surface area contributed by atoms with Gasteiger partial charge in [-0.25, -0.2) is 4.39 Å². The van der Waals surface area contributed by atoms with Gasteiger partial charge in [0.1, 0.15) is 12.4 Å². The van der Waals surface area contributed by atoms with Gasteiger partial charge in [0.15, 0.2) is 5.78 Å². The molecule has 0 aliphatic heterocycles. The third-order valence-electron chi connectivity index (χ3n) is 3.42. The third-order valence-corrected chi connectivity index (χ3v) is 3.42. The van der Waals surface area contributed by atoms with Gasteiger partial charge >= 0.3 is 0 Å². The second-order valence-corrected chi connectivity index (χ2v) is 4.85. The zero-order chi connectivity index (χ0) is 12.8. The van der Waals surface area contributed by atoms with Gasteiger partial charge in [-0.1, -0.05) is 25.7 Å². The van der Waals surface area contributed by atoms with Crippen molar-refractivity contribution in [2.24, 2.45) is 0 Å². The molecule has 2 rings (SSSR count). The molecule has 0 unspecified atom stereocenters. The van der Waals surface area contributed by atoms with Crippen LogP contribution in [-0.2, 0) is 4.74 Å². The number of carbonyl (C=O) groups is 1. The Hall–Kier alpha value is -1.22. The molecule has 0 amide bonds. The van der Waals surface area contributed by atoms with Gasteiger partial charge in [-0.3, -0.25) is 4.79 Å². The van der Waals surface area contributed by atoms with Crippen LogP contribution in [0.15, 0.2) is 24.3 Å². The zero-order valence-corrected chi connectivity index (χ0v) is 10.5. The first kappa shape index (κ1) is 13.2. The summed E-state index contributed by atoms with van der Waals surface area (Å²) in [5, 5.41) is 0. The Labute approximate surface area is 107 Å². The molecule has 1 aromatic rings. The predicted octanol–water partition coefficient (Wildman–Crippen LogP) is 3.75. The number of benzene rings is 1. The van der Waals surface area contributed by atoms with Crippen LogP contribution in [0.5, 0.6) is 0 Å². The highest BCUT2D eigenvalue weighted by Gasteiger charge is 2.14. The summed E-state index contributed by atoms with van der Waals surface area (Å²) in [5.74, 6) is -0.393. The molecular formula is C15H19FO2. The lowest BCUT2D eigenvalue weighted by Gasteiger charge is -2.14. The quantitative estimate of drug-likeness (QED) is 0.601. The third kappa shape index (κ3) is 3.91. The van der Waals surface area contributed by atoms with E-state index in [-0.39, 0.29) is 24.3 Å². The summed E-state index contributed by atoms with van der Waals surface area (Å²) in [4.78, 5) is 11.8. The molecule has 0 atom stereocenters. The van der Waals surface area contributed by atoms with Crippen LogP contribution in [-0.4, -0.2) is 18.5 Å². The first-order chi connectivity index (χ1) is 8.75. The molecule has 2 nitrogen and oxygen atoms in total. The zero-order valence-electron chi connectivity index (χ0n) is 10.5. The Morgan fingerprint density at radius 1 is 1.11 bits per heavy atom. The number of ketones is 1. The average Bonchev–Trinajstić information content (AvgIpc) is 2.65. The molecule has 18 heavy (non-hydrogen) atoms. The summed E-state index contributed by atoms with van der Waals surface area (Å²) in [6.45, 7) is 0.107. The van der Waals surface area contributed by atoms with Crippen LogP contribution in [0.3, 0.4) is 0 Å². The topological polar surface area (TPSA) is 26.3 Å². The average molecular weight is 250 g/mol. The summed E-state index contributed by atoms with van der Waals surface area (Å²) in [6, 6.07) is 5.63. The largest absolute Gasteiger partial charge is 0.370 e. The molecule has 0 heterocycles. The molecule has 1 fully saturated rings. The lowest BCUT2D eigenvalue weighted by Crippen LogP contribution is -2.18. The maximum absolute atomic E-state index is 12.7. The van der Waals surface area contributed by atoms with Crippen LogP contribution in [0.1, 0.15) is 48.9 Å². The van der Waals surface area contributed by atoms with Gasteiger partial charge in [0, 0.05) is 5.56 Å². The highest BCUT2D eigenvalue weighted by Crippen LogP contribution is 2.20. The number of ether oxygens (including phenoxy) is 1. The maximum Gasteiger partial charge on any atom is 0.188 e. The Bertz CT molecular complexity index is 378. The van der Waals surface area contributed by atoms with Crippen LogP contribution in [0.25, 0.3) is 0 Å². The van der Waals surface area contributed by atoms with E-state index in [9.17, 15) is 9.18 Å². The van der Waals surface area contributed by atoms with Crippen molar-refractivity contribution in [1.29, 1.82) is 0 Å². The van der Waals surface area contributed by atoms with E-state index in [2.05, 4.69) is 0 Å². The second-order valence-electron chi connectivity index (χ2n) is 4.85. The summed E-state index contributed by atoms with van der Waals surface area (Å²) >= 11 is 0. The van der Waals surface area contributed by atoms with Crippen molar-refractivity contribution in [2.45, 2.75) is 44.6 Å². The second kappa shape index (κ2) is 6.64. The van der Waals surface area contributed by atoms with Gasteiger partial charge in [-0.05, 0) is 37.1 Å². The van der Waals surface area contributed by atoms with E-state index >= 15 is 0 Å². The molecule has 0 spiro atoms. The lowest BCUT2D eigenvalue weighted by molar-refractivity contribution is 0.0389. The van der Waals surface area contributed by atoms with E-state index in [1.165, 1.54) is 49.9 Å². The number of hydrogen-bond donors (Lipinski definition) is 0. The number of hydrogen-bond acceptors (Lipinski definition) is 2. The Morgan fingerprint density at radius 3 is 2.33 bits per heavy atom. The summed E-state index contributed by atoms with van der Waals surface area (Å²) in [6.07, 6.45) is 7.24. The van der Waals surface area contributed by atoms with Crippen molar-refractivity contribution < 1.29 is 13.9 Å². The van der Waals surface area contributed by atoms with Crippen molar-refractivity contribution in [2.75, 3.05) is 6.61 Å². The predicted molar refractivity (Wildman–Crippen MR) is 68.2 cm³/mol. The van der Waals surface area contributed by atoms with E-state index in [1.54, 1.807) is 0 Å². The SMILES string of the molecule is O=C(COC1CCCCCC1)c1ccc(F)cc1. The molecule has 0 aromatic heterocycles. The monoisotopic (exact) mass is 250 g/mol. The van der Waals surface area contributed by atoms with Crippen LogP contribution < -0.4 is 0 Å². The van der Waals surface area contributed by atoms with Crippen molar-refractivity contribution >= 4 is 5.78 Å². The van der Waals surface area contributed by atoms with E-state index in [0.717, 1.165) is 12.8 Å². The van der Waals surface area contributed by atoms with Crippen LogP contribution in [0, 0.1) is 5.82 Å². The van der Waals surface area contributed by atoms with Crippen LogP contribution >= 0.6 is 0 Å². The number of rotatable bonds is 4. The normalized spacial score (nSPS) is 17.4. The summed E-state index contributed by atoms with van der Waals surface area (Å²) in [7, 11) is 0. The van der Waals surface area contributed by atoms with E-state index in [0.29, 0.717) is 5.56 Å². The van der Waals surface area contributed by atoms with E-state index in [4.69, 9.17) is 4.74 Å². The molecule has 1 aliphatic rings. The number of carbonyl (C=O) groups excluding carboxylic acids is 1. The molecule has 0 saturated heterocycles. The number of halogens is 1. The number of Topliss-reactive ketones (excluding diaryl/α,β-unsaturated/α-hetero) is 1. The molecule has 98 valence electrons. The molecule has 1 aliphatic carbocycles. The minimum Gasteiger partial charge on any atom is -0.370 e. The van der Waals surface area contributed by atoms with Gasteiger partial charge in [-0.15, -0.1) is 0 Å². The molecule has 0 radical (unpaired) electrons. The lowest BCUT2D eigenvalue weighted by atomic mass is 10.1. The van der Waals surface area contributed by atoms with Gasteiger partial charge in [-0.2, -0.15) is 0 Å². The molecule has 1 aromatic carbocycles. The van der Waals surface area contributed by atoms with E-state index < -0.39 is 0 Å². The summed E-state index contributed by atoms with van der Waals surface area (Å²) in [5.41, 5.74) is 0.519. The standard InChI is InChI=1S/C15H19FO2/c16-13-9-7-12(8-10-13)15(17)11-18-14-5-3-1-2-4-6-14/h7-10,14H,1-6,11H2. The fourth-order valence-electron chi connectivity index (χ4n) is 2.32. The van der Waals surface area contributed by atoms with Crippen molar-refractivity contribution in [3.63, 3.8) is 0 Å². The maximum atomic E-state index is 12.7. The first-order valence-electron chi connectivity index (χ1n) is 6.66. The van der Waals surface area contributed by atoms with Gasteiger partial charge < -0.3 is 4.74 Å². The Morgan fingerprint density at radius 2 is 1.72 bits per heavy atom. The van der Waals surface area contributed by atoms with Crippen molar-refractivity contribution in [3.05, 3.63) is 35.6 Å². The molecule has 1 saturated carbocycles. The minimum atomic E-state index is -0.323. The minimum absolute atomic E-state index is 0.0701. The van der Waals surface area contributed by atoms with Crippen molar-refractivity contribution in [1.82, 2.24) is 0 Å². The van der Waals surface area contributed by atoms with Crippen LogP contribution in [0.2, 0.25) is 0 Å². The highest BCUT2D eigenvalue weighted by atomic mass is 19.1. The van der Waals surface area contributed by atoms with Gasteiger partial charge in [0.05, 0.1) is 6.10 Å². The Kier molecular flexibility index (Phi) is 4.88. The van der Waals surface area contributed by atoms with Crippen molar-refractivity contribution in [3.8, 4) is 0 Å². The molecule has 0 N–H and O–H groups in total. The highest BCUT2D eigenvalue weighted by molar-refractivity contribution is 5.97. The van der Waals surface area contributed by atoms with Crippen LogP contribution in [0.4, 0.5) is 4.39 Å². The van der Waals surface area contributed by atoms with E-state index in [1.807, 2.05) is 0 Å². The molecule has 3 heteroatoms. The Balaban J connectivity index is 1.82. The molecular weight excluding hydrogens is 231 g/mol. The van der Waals surface area contributed by atoms with Gasteiger partial charge in [0.25, 0.3) is 0 Å². The first-order valence-corrected chi connectivity index (χ1v) is 6.66. The smallest absolute Gasteiger partial charge is 0.188 e. The fraction of sp³-hybridized carbons (Fsp3) is 0.533. The fourth-order valence-corrected chi connectivity index (χ4v) is 2.32. The summed E-state index contributed by atoms with van der Waals surface area (Å²) < 4.78 is 18.4. The molecule has 0 bridgehead atoms.